The molecule has 9 heteroatoms. The van der Waals surface area contributed by atoms with Crippen LogP contribution < -0.4 is 5.32 Å². The predicted octanol–water partition coefficient (Wildman–Crippen LogP) is 3.90. The first kappa shape index (κ1) is 19.2. The van der Waals surface area contributed by atoms with Crippen LogP contribution in [-0.4, -0.2) is 38.8 Å². The molecule has 6 nitrogen and oxygen atoms in total. The van der Waals surface area contributed by atoms with Gasteiger partial charge < -0.3 is 5.32 Å². The lowest BCUT2D eigenvalue weighted by molar-refractivity contribution is -0.384. The zero-order valence-electron chi connectivity index (χ0n) is 12.9. The minimum Gasteiger partial charge on any atom is -0.332 e. The van der Waals surface area contributed by atoms with Crippen LogP contribution in [0.4, 0.5) is 5.69 Å². The molecule has 1 aromatic rings. The summed E-state index contributed by atoms with van der Waals surface area (Å²) in [5, 5.41) is 13.4. The van der Waals surface area contributed by atoms with Gasteiger partial charge in [-0.1, -0.05) is 47.6 Å². The molecule has 1 fully saturated rings. The number of alkyl halides is 3. The molecule has 1 amide bonds. The van der Waals surface area contributed by atoms with Crippen molar-refractivity contribution in [2.45, 2.75) is 35.6 Å². The van der Waals surface area contributed by atoms with Crippen LogP contribution in [0.15, 0.2) is 24.3 Å². The Bertz CT molecular complexity index is 582. The summed E-state index contributed by atoms with van der Waals surface area (Å²) in [6, 6.07) is 5.30. The molecule has 2 rings (SSSR count). The molecular formula is C15H18Cl3N3O3. The molecule has 0 saturated carbocycles. The number of carbonyl (C=O) groups is 1. The SMILES string of the molecule is O=C(N[C@@H](N1CCCCCC1)C(Cl)(Cl)Cl)c1ccc([N+](=O)[O-])cc1. The average molecular weight is 395 g/mol. The molecule has 0 bridgehead atoms. The zero-order valence-corrected chi connectivity index (χ0v) is 15.2. The highest BCUT2D eigenvalue weighted by atomic mass is 35.6. The van der Waals surface area contributed by atoms with Crippen LogP contribution >= 0.6 is 34.8 Å². The predicted molar refractivity (Wildman–Crippen MR) is 94.7 cm³/mol. The van der Waals surface area contributed by atoms with Gasteiger partial charge in [-0.3, -0.25) is 19.8 Å². The molecule has 1 aromatic carbocycles. The summed E-state index contributed by atoms with van der Waals surface area (Å²) in [5.74, 6) is -0.439. The van der Waals surface area contributed by atoms with E-state index in [1.54, 1.807) is 0 Å². The first-order chi connectivity index (χ1) is 11.3. The molecule has 24 heavy (non-hydrogen) atoms. The summed E-state index contributed by atoms with van der Waals surface area (Å²) in [6.45, 7) is 1.47. The van der Waals surface area contributed by atoms with Crippen LogP contribution in [0.1, 0.15) is 36.0 Å². The molecule has 1 aliphatic heterocycles. The quantitative estimate of drug-likeness (QED) is 0.477. The Morgan fingerprint density at radius 3 is 2.12 bits per heavy atom. The summed E-state index contributed by atoms with van der Waals surface area (Å²) in [7, 11) is 0. The first-order valence-corrected chi connectivity index (χ1v) is 8.78. The fourth-order valence-corrected chi connectivity index (χ4v) is 3.25. The van der Waals surface area contributed by atoms with E-state index in [2.05, 4.69) is 5.32 Å². The van der Waals surface area contributed by atoms with Gasteiger partial charge in [0.1, 0.15) is 6.17 Å². The molecule has 1 atom stereocenters. The number of nitrogens with one attached hydrogen (secondary N) is 1. The second kappa shape index (κ2) is 8.34. The van der Waals surface area contributed by atoms with Crippen molar-refractivity contribution >= 4 is 46.4 Å². The van der Waals surface area contributed by atoms with Gasteiger partial charge >= 0.3 is 0 Å². The molecular weight excluding hydrogens is 377 g/mol. The highest BCUT2D eigenvalue weighted by molar-refractivity contribution is 6.68. The van der Waals surface area contributed by atoms with Crippen molar-refractivity contribution in [3.63, 3.8) is 0 Å². The number of carbonyl (C=O) groups excluding carboxylic acids is 1. The van der Waals surface area contributed by atoms with Crippen molar-refractivity contribution in [2.24, 2.45) is 0 Å². The van der Waals surface area contributed by atoms with E-state index in [0.29, 0.717) is 0 Å². The average Bonchev–Trinajstić information content (AvgIpc) is 2.80. The van der Waals surface area contributed by atoms with Crippen molar-refractivity contribution in [1.29, 1.82) is 0 Å². The molecule has 1 aliphatic rings. The van der Waals surface area contributed by atoms with Gasteiger partial charge in [0.2, 0.25) is 3.79 Å². The Kier molecular flexibility index (Phi) is 6.69. The van der Waals surface area contributed by atoms with Gasteiger partial charge in [-0.15, -0.1) is 0 Å². The van der Waals surface area contributed by atoms with Crippen molar-refractivity contribution in [3.8, 4) is 0 Å². The zero-order chi connectivity index (χ0) is 17.7. The Hall–Kier alpha value is -1.08. The largest absolute Gasteiger partial charge is 0.332 e. The lowest BCUT2D eigenvalue weighted by Gasteiger charge is -2.35. The van der Waals surface area contributed by atoms with Crippen LogP contribution in [-0.2, 0) is 0 Å². The third-order valence-corrected chi connectivity index (χ3v) is 4.54. The minimum absolute atomic E-state index is 0.0861. The maximum Gasteiger partial charge on any atom is 0.269 e. The molecule has 1 N–H and O–H groups in total. The summed E-state index contributed by atoms with van der Waals surface area (Å²) >= 11 is 18.2. The van der Waals surface area contributed by atoms with E-state index in [-0.39, 0.29) is 11.3 Å². The normalized spacial score (nSPS) is 17.8. The van der Waals surface area contributed by atoms with E-state index < -0.39 is 20.8 Å². The molecule has 0 radical (unpaired) electrons. The minimum atomic E-state index is -1.68. The number of nitrogens with zero attached hydrogens (tertiary/aromatic N) is 2. The number of likely N-dealkylation sites (tertiary alicyclic amines) is 1. The standard InChI is InChI=1S/C15H18Cl3N3O3/c16-15(17,18)14(20-9-3-1-2-4-10-20)19-13(22)11-5-7-12(8-6-11)21(23)24/h5-8,14H,1-4,9-10H2,(H,19,22)/t14-/m0/s1. The molecule has 0 aliphatic carbocycles. The fourth-order valence-electron chi connectivity index (χ4n) is 2.68. The molecule has 0 aromatic heterocycles. The van der Waals surface area contributed by atoms with Gasteiger partial charge in [0.15, 0.2) is 0 Å². The van der Waals surface area contributed by atoms with Gasteiger partial charge in [0.05, 0.1) is 4.92 Å². The lowest BCUT2D eigenvalue weighted by Crippen LogP contribution is -2.55. The number of halogens is 3. The van der Waals surface area contributed by atoms with Crippen LogP contribution in [0.5, 0.6) is 0 Å². The molecule has 1 saturated heterocycles. The van der Waals surface area contributed by atoms with Gasteiger partial charge in [-0.2, -0.15) is 0 Å². The van der Waals surface area contributed by atoms with E-state index in [1.807, 2.05) is 4.90 Å². The molecule has 1 heterocycles. The van der Waals surface area contributed by atoms with Crippen molar-refractivity contribution in [1.82, 2.24) is 10.2 Å². The topological polar surface area (TPSA) is 75.5 Å². The van der Waals surface area contributed by atoms with E-state index >= 15 is 0 Å². The fraction of sp³-hybridized carbons (Fsp3) is 0.533. The maximum atomic E-state index is 12.4. The number of non-ortho nitro benzene ring substituents is 1. The van der Waals surface area contributed by atoms with E-state index in [4.69, 9.17) is 34.8 Å². The molecule has 0 spiro atoms. The third-order valence-electron chi connectivity index (χ3n) is 3.92. The van der Waals surface area contributed by atoms with Crippen LogP contribution in [0.3, 0.4) is 0 Å². The van der Waals surface area contributed by atoms with E-state index in [9.17, 15) is 14.9 Å². The second-order valence-corrected chi connectivity index (χ2v) is 8.04. The van der Waals surface area contributed by atoms with Gasteiger partial charge in [-0.25, -0.2) is 0 Å². The van der Waals surface area contributed by atoms with Crippen LogP contribution in [0.2, 0.25) is 0 Å². The first-order valence-electron chi connectivity index (χ1n) is 7.65. The van der Waals surface area contributed by atoms with Gasteiger partial charge in [0.25, 0.3) is 11.6 Å². The number of nitro benzene ring substituents is 1. The third kappa shape index (κ3) is 5.21. The Labute approximate surface area is 155 Å². The van der Waals surface area contributed by atoms with Gasteiger partial charge in [0, 0.05) is 30.8 Å². The number of nitro groups is 1. The van der Waals surface area contributed by atoms with E-state index in [0.717, 1.165) is 38.8 Å². The number of benzene rings is 1. The monoisotopic (exact) mass is 393 g/mol. The van der Waals surface area contributed by atoms with E-state index in [1.165, 1.54) is 24.3 Å². The lowest BCUT2D eigenvalue weighted by atomic mass is 10.2. The highest BCUT2D eigenvalue weighted by Gasteiger charge is 2.38. The number of hydrogen-bond acceptors (Lipinski definition) is 4. The Morgan fingerprint density at radius 1 is 1.12 bits per heavy atom. The van der Waals surface area contributed by atoms with Crippen LogP contribution in [0, 0.1) is 10.1 Å². The number of rotatable bonds is 4. The summed E-state index contributed by atoms with van der Waals surface area (Å²) < 4.78 is -1.68. The number of hydrogen-bond donors (Lipinski definition) is 1. The molecule has 0 unspecified atom stereocenters. The smallest absolute Gasteiger partial charge is 0.269 e. The summed E-state index contributed by atoms with van der Waals surface area (Å²) in [4.78, 5) is 24.5. The maximum absolute atomic E-state index is 12.4. The van der Waals surface area contributed by atoms with Crippen LogP contribution in [0.25, 0.3) is 0 Å². The second-order valence-electron chi connectivity index (χ2n) is 5.67. The highest BCUT2D eigenvalue weighted by Crippen LogP contribution is 2.33. The van der Waals surface area contributed by atoms with Crippen molar-refractivity contribution in [3.05, 3.63) is 39.9 Å². The molecule has 132 valence electrons. The number of amides is 1. The van der Waals surface area contributed by atoms with Crippen molar-refractivity contribution in [2.75, 3.05) is 13.1 Å². The van der Waals surface area contributed by atoms with Gasteiger partial charge in [-0.05, 0) is 25.0 Å². The summed E-state index contributed by atoms with van der Waals surface area (Å²) in [5.41, 5.74) is 0.187. The Morgan fingerprint density at radius 2 is 1.67 bits per heavy atom. The Balaban J connectivity index is 2.13. The van der Waals surface area contributed by atoms with Crippen molar-refractivity contribution < 1.29 is 9.72 Å². The summed E-state index contributed by atoms with van der Waals surface area (Å²) in [6.07, 6.45) is 3.41.